The average Bonchev–Trinajstić information content (AvgIpc) is 3.15. The Bertz CT molecular complexity index is 1060. The molecule has 3 aromatic rings. The maximum absolute atomic E-state index is 9.88. The monoisotopic (exact) mass is 479 g/mol. The fraction of sp³-hybridized carbons (Fsp3) is 0.381. The first kappa shape index (κ1) is 23.6. The molecule has 0 atom stereocenters. The Morgan fingerprint density at radius 2 is 2.13 bits per heavy atom. The van der Waals surface area contributed by atoms with E-state index in [1.54, 1.807) is 37.9 Å². The van der Waals surface area contributed by atoms with Crippen molar-refractivity contribution in [2.45, 2.75) is 30.6 Å². The molecule has 4 rings (SSSR count). The van der Waals surface area contributed by atoms with Gasteiger partial charge in [-0.15, -0.1) is 24.0 Å². The summed E-state index contributed by atoms with van der Waals surface area (Å²) in [6, 6.07) is 3.53. The number of carbonyl (C=O) groups is 1. The predicted octanol–water partition coefficient (Wildman–Crippen LogP) is 4.56. The van der Waals surface area contributed by atoms with Crippen LogP contribution in [0.15, 0.2) is 23.4 Å². The highest BCUT2D eigenvalue weighted by molar-refractivity contribution is 7.80. The predicted molar refractivity (Wildman–Crippen MR) is 131 cm³/mol. The standard InChI is InChI=1S/C16H15ClN4S2.C5H11NO2/c17-9-5-10(18)12(22)6-11(9)21-15-14-8-3-1-2-4-13(8)23-16(14)20-7-19-15;1-6(5-7)3-4-8-2/h5-7,22H,1-4,18H2,(H,19,20,21);5H,3-4H2,1-2H3. The molecule has 7 nitrogen and oxygen atoms in total. The summed E-state index contributed by atoms with van der Waals surface area (Å²) in [5, 5.41) is 5.02. The largest absolute Gasteiger partial charge is 0.398 e. The molecule has 3 N–H and O–H groups in total. The smallest absolute Gasteiger partial charge is 0.209 e. The summed E-state index contributed by atoms with van der Waals surface area (Å²) in [6.07, 6.45) is 7.07. The number of hydrogen-bond donors (Lipinski definition) is 3. The van der Waals surface area contributed by atoms with E-state index in [2.05, 4.69) is 27.9 Å². The Hall–Kier alpha value is -2.07. The van der Waals surface area contributed by atoms with Gasteiger partial charge in [0.25, 0.3) is 0 Å². The van der Waals surface area contributed by atoms with Crippen molar-refractivity contribution < 1.29 is 9.53 Å². The molecule has 1 aromatic carbocycles. The number of carbonyl (C=O) groups excluding carboxylic acids is 1. The Kier molecular flexibility index (Phi) is 8.36. The van der Waals surface area contributed by atoms with Crippen LogP contribution in [0.1, 0.15) is 23.3 Å². The minimum Gasteiger partial charge on any atom is -0.398 e. The zero-order valence-electron chi connectivity index (χ0n) is 17.5. The summed E-state index contributed by atoms with van der Waals surface area (Å²) in [7, 11) is 3.32. The molecule has 0 saturated heterocycles. The fourth-order valence-corrected chi connectivity index (χ4v) is 4.92. The Morgan fingerprint density at radius 1 is 1.35 bits per heavy atom. The molecular weight excluding hydrogens is 454 g/mol. The van der Waals surface area contributed by atoms with E-state index in [9.17, 15) is 4.79 Å². The van der Waals surface area contributed by atoms with Crippen molar-refractivity contribution in [3.05, 3.63) is 33.9 Å². The lowest BCUT2D eigenvalue weighted by molar-refractivity contribution is -0.117. The second-order valence-corrected chi connectivity index (χ2v) is 9.18. The minimum atomic E-state index is 0.552. The van der Waals surface area contributed by atoms with Crippen LogP contribution >= 0.6 is 35.6 Å². The van der Waals surface area contributed by atoms with Crippen LogP contribution in [0, 0.1) is 0 Å². The SMILES string of the molecule is COCCN(C)C=O.Nc1cc(Cl)c(Nc2ncnc3sc4c(c23)CCCC4)cc1S. The summed E-state index contributed by atoms with van der Waals surface area (Å²) in [5.74, 6) is 0.800. The second kappa shape index (κ2) is 11.0. The Labute approximate surface area is 196 Å². The van der Waals surface area contributed by atoms with Crippen molar-refractivity contribution in [1.82, 2.24) is 14.9 Å². The number of ether oxygens (including phenoxy) is 1. The van der Waals surface area contributed by atoms with Gasteiger partial charge in [-0.25, -0.2) is 9.97 Å². The van der Waals surface area contributed by atoms with Crippen LogP contribution in [0.3, 0.4) is 0 Å². The van der Waals surface area contributed by atoms with Gasteiger partial charge in [0.2, 0.25) is 6.41 Å². The van der Waals surface area contributed by atoms with Gasteiger partial charge in [0.1, 0.15) is 17.0 Å². The van der Waals surface area contributed by atoms with Crippen molar-refractivity contribution in [3.8, 4) is 0 Å². The molecule has 2 aromatic heterocycles. The summed E-state index contributed by atoms with van der Waals surface area (Å²) in [4.78, 5) is 23.5. The molecule has 0 bridgehead atoms. The number of rotatable bonds is 6. The van der Waals surface area contributed by atoms with Crippen LogP contribution in [0.2, 0.25) is 5.02 Å². The van der Waals surface area contributed by atoms with Crippen molar-refractivity contribution >= 4 is 69.4 Å². The second-order valence-electron chi connectivity index (χ2n) is 7.21. The number of benzene rings is 1. The lowest BCUT2D eigenvalue weighted by Crippen LogP contribution is -2.20. The van der Waals surface area contributed by atoms with Crippen LogP contribution < -0.4 is 11.1 Å². The third-order valence-electron chi connectivity index (χ3n) is 4.95. The number of aromatic nitrogens is 2. The Morgan fingerprint density at radius 3 is 2.87 bits per heavy atom. The first-order valence-corrected chi connectivity index (χ1v) is 11.5. The number of amides is 1. The number of nitrogen functional groups attached to an aromatic ring is 1. The highest BCUT2D eigenvalue weighted by Crippen LogP contribution is 2.40. The maximum Gasteiger partial charge on any atom is 0.209 e. The van der Waals surface area contributed by atoms with Crippen LogP contribution in [-0.4, -0.2) is 48.6 Å². The number of nitrogens with zero attached hydrogens (tertiary/aromatic N) is 3. The van der Waals surface area contributed by atoms with Crippen molar-refractivity contribution in [1.29, 1.82) is 0 Å². The molecule has 0 saturated carbocycles. The highest BCUT2D eigenvalue weighted by Gasteiger charge is 2.20. The van der Waals surface area contributed by atoms with Crippen molar-refractivity contribution in [2.24, 2.45) is 0 Å². The molecule has 31 heavy (non-hydrogen) atoms. The molecule has 1 amide bonds. The summed E-state index contributed by atoms with van der Waals surface area (Å²) in [5.41, 5.74) is 8.53. The fourth-order valence-electron chi connectivity index (χ4n) is 3.27. The van der Waals surface area contributed by atoms with Crippen molar-refractivity contribution in [2.75, 3.05) is 38.4 Å². The van der Waals surface area contributed by atoms with E-state index in [1.165, 1.54) is 28.2 Å². The van der Waals surface area contributed by atoms with Gasteiger partial charge in [0.05, 0.1) is 22.7 Å². The van der Waals surface area contributed by atoms with Gasteiger partial charge < -0.3 is 20.7 Å². The van der Waals surface area contributed by atoms with Crippen LogP contribution in [-0.2, 0) is 22.4 Å². The number of nitrogens with two attached hydrogens (primary N) is 1. The molecule has 166 valence electrons. The lowest BCUT2D eigenvalue weighted by atomic mass is 9.97. The van der Waals surface area contributed by atoms with E-state index < -0.39 is 0 Å². The number of nitrogens with one attached hydrogen (secondary N) is 1. The first-order chi connectivity index (χ1) is 14.9. The van der Waals surface area contributed by atoms with E-state index in [0.29, 0.717) is 28.8 Å². The van der Waals surface area contributed by atoms with Gasteiger partial charge in [-0.05, 0) is 43.4 Å². The van der Waals surface area contributed by atoms with E-state index in [4.69, 9.17) is 22.1 Å². The number of aryl methyl sites for hydroxylation is 2. The van der Waals surface area contributed by atoms with Gasteiger partial charge in [-0.1, -0.05) is 11.6 Å². The Balaban J connectivity index is 0.000000293. The number of thiophene rings is 1. The number of halogens is 1. The summed E-state index contributed by atoms with van der Waals surface area (Å²) >= 11 is 12.4. The molecular formula is C21H26ClN5O2S2. The molecule has 2 heterocycles. The first-order valence-electron chi connectivity index (χ1n) is 9.89. The van der Waals surface area contributed by atoms with Crippen LogP contribution in [0.25, 0.3) is 10.2 Å². The zero-order chi connectivity index (χ0) is 22.4. The third-order valence-corrected chi connectivity index (χ3v) is 6.85. The molecule has 0 fully saturated rings. The van der Waals surface area contributed by atoms with Gasteiger partial charge in [0, 0.05) is 36.2 Å². The molecule has 0 radical (unpaired) electrons. The van der Waals surface area contributed by atoms with Crippen molar-refractivity contribution in [3.63, 3.8) is 0 Å². The molecule has 0 aliphatic heterocycles. The number of thiol groups is 1. The van der Waals surface area contributed by atoms with Crippen LogP contribution in [0.4, 0.5) is 17.2 Å². The van der Waals surface area contributed by atoms with Gasteiger partial charge in [-0.3, -0.25) is 4.79 Å². The maximum atomic E-state index is 9.88. The van der Waals surface area contributed by atoms with Gasteiger partial charge >= 0.3 is 0 Å². The normalized spacial score (nSPS) is 12.6. The van der Waals surface area contributed by atoms with E-state index >= 15 is 0 Å². The zero-order valence-corrected chi connectivity index (χ0v) is 20.0. The molecule has 1 aliphatic rings. The van der Waals surface area contributed by atoms with E-state index in [1.807, 2.05) is 6.07 Å². The van der Waals surface area contributed by atoms with E-state index in [-0.39, 0.29) is 0 Å². The number of fused-ring (bicyclic) bond motifs is 3. The topological polar surface area (TPSA) is 93.4 Å². The quantitative estimate of drug-likeness (QED) is 0.272. The lowest BCUT2D eigenvalue weighted by Gasteiger charge is -2.13. The number of likely N-dealkylation sites (N-methyl/N-ethyl adjacent to an activating group) is 1. The number of methoxy groups -OCH3 is 1. The summed E-state index contributed by atoms with van der Waals surface area (Å²) < 4.78 is 4.71. The summed E-state index contributed by atoms with van der Waals surface area (Å²) in [6.45, 7) is 1.27. The average molecular weight is 480 g/mol. The number of anilines is 3. The number of hydrogen-bond acceptors (Lipinski definition) is 8. The highest BCUT2D eigenvalue weighted by atomic mass is 35.5. The minimum absolute atomic E-state index is 0.552. The molecule has 0 unspecified atom stereocenters. The van der Waals surface area contributed by atoms with E-state index in [0.717, 1.165) is 41.0 Å². The molecule has 1 aliphatic carbocycles. The molecule has 10 heteroatoms. The third kappa shape index (κ3) is 5.79. The van der Waals surface area contributed by atoms with Crippen LogP contribution in [0.5, 0.6) is 0 Å². The van der Waals surface area contributed by atoms with Gasteiger partial charge in [0.15, 0.2) is 0 Å². The van der Waals surface area contributed by atoms with Gasteiger partial charge in [-0.2, -0.15) is 0 Å². The molecule has 0 spiro atoms.